The molecule has 1 amide bonds. The number of carbonyl (C=O) groups is 1. The van der Waals surface area contributed by atoms with Gasteiger partial charge in [-0.2, -0.15) is 0 Å². The summed E-state index contributed by atoms with van der Waals surface area (Å²) < 4.78 is 5.72. The average Bonchev–Trinajstić information content (AvgIpc) is 2.44. The van der Waals surface area contributed by atoms with Crippen molar-refractivity contribution in [3.8, 4) is 0 Å². The van der Waals surface area contributed by atoms with Crippen molar-refractivity contribution in [2.45, 2.75) is 51.7 Å². The summed E-state index contributed by atoms with van der Waals surface area (Å²) >= 11 is 0. The predicted octanol–water partition coefficient (Wildman–Crippen LogP) is 1.33. The average molecular weight is 311 g/mol. The first kappa shape index (κ1) is 17.7. The Morgan fingerprint density at radius 3 is 2.64 bits per heavy atom. The maximum atomic E-state index is 12.0. The normalized spacial score (nSPS) is 31.1. The molecule has 0 bridgehead atoms. The molecule has 2 heterocycles. The van der Waals surface area contributed by atoms with E-state index >= 15 is 0 Å². The number of carbonyl (C=O) groups excluding carboxylic acids is 1. The van der Waals surface area contributed by atoms with Gasteiger partial charge in [-0.1, -0.05) is 0 Å². The summed E-state index contributed by atoms with van der Waals surface area (Å²) in [4.78, 5) is 16.7. The zero-order valence-corrected chi connectivity index (χ0v) is 14.5. The Balaban J connectivity index is 1.56. The zero-order valence-electron chi connectivity index (χ0n) is 14.5. The quantitative estimate of drug-likeness (QED) is 0.804. The lowest BCUT2D eigenvalue weighted by Crippen LogP contribution is -2.46. The number of piperidine rings is 1. The molecule has 2 aliphatic heterocycles. The summed E-state index contributed by atoms with van der Waals surface area (Å²) in [5.41, 5.74) is 0. The minimum atomic E-state index is 0.191. The predicted molar refractivity (Wildman–Crippen MR) is 88.9 cm³/mol. The monoisotopic (exact) mass is 311 g/mol. The molecular formula is C17H33N3O2. The van der Waals surface area contributed by atoms with Crippen LogP contribution in [0.25, 0.3) is 0 Å². The summed E-state index contributed by atoms with van der Waals surface area (Å²) in [6.07, 6.45) is 4.86. The van der Waals surface area contributed by atoms with Crippen LogP contribution in [0, 0.1) is 5.92 Å². The van der Waals surface area contributed by atoms with Gasteiger partial charge in [-0.3, -0.25) is 9.69 Å². The smallest absolute Gasteiger partial charge is 0.221 e. The molecule has 0 aromatic heterocycles. The fourth-order valence-electron chi connectivity index (χ4n) is 3.74. The summed E-state index contributed by atoms with van der Waals surface area (Å²) in [5, 5.41) is 3.09. The van der Waals surface area contributed by atoms with Gasteiger partial charge in [-0.25, -0.2) is 0 Å². The molecule has 3 atom stereocenters. The molecule has 0 aliphatic carbocycles. The van der Waals surface area contributed by atoms with Crippen molar-refractivity contribution in [3.63, 3.8) is 0 Å². The van der Waals surface area contributed by atoms with Crippen LogP contribution in [-0.4, -0.2) is 74.2 Å². The Hall–Kier alpha value is -0.650. The highest BCUT2D eigenvalue weighted by atomic mass is 16.5. The third-order valence-corrected chi connectivity index (χ3v) is 4.75. The summed E-state index contributed by atoms with van der Waals surface area (Å²) in [5.74, 6) is 0.941. The van der Waals surface area contributed by atoms with E-state index in [2.05, 4.69) is 36.0 Å². The lowest BCUT2D eigenvalue weighted by atomic mass is 9.95. The SMILES string of the molecule is C[C@@H]1CN(CCC(=O)NCC[C@@H]2CCCN(C)C2)C[C@H](C)O1. The van der Waals surface area contributed by atoms with Crippen LogP contribution in [0.2, 0.25) is 0 Å². The molecule has 0 unspecified atom stereocenters. The second-order valence-corrected chi connectivity index (χ2v) is 7.18. The van der Waals surface area contributed by atoms with Crippen LogP contribution in [0.4, 0.5) is 0 Å². The minimum absolute atomic E-state index is 0.191. The standard InChI is InChI=1S/C17H33N3O2/c1-14-11-20(12-15(2)22-14)10-7-17(21)18-8-6-16-5-4-9-19(3)13-16/h14-16H,4-13H2,1-3H3,(H,18,21)/t14-,15+,16-/m0/s1. The topological polar surface area (TPSA) is 44.8 Å². The van der Waals surface area contributed by atoms with Gasteiger partial charge in [0.2, 0.25) is 5.91 Å². The Morgan fingerprint density at radius 2 is 1.95 bits per heavy atom. The largest absolute Gasteiger partial charge is 0.373 e. The van der Waals surface area contributed by atoms with Crippen LogP contribution in [0.15, 0.2) is 0 Å². The fourth-order valence-corrected chi connectivity index (χ4v) is 3.74. The van der Waals surface area contributed by atoms with Gasteiger partial charge in [0, 0.05) is 39.1 Å². The van der Waals surface area contributed by atoms with Crippen molar-refractivity contribution < 1.29 is 9.53 Å². The maximum absolute atomic E-state index is 12.0. The molecule has 0 spiro atoms. The molecule has 0 aromatic rings. The van der Waals surface area contributed by atoms with E-state index in [4.69, 9.17) is 4.74 Å². The Labute approximate surface area is 135 Å². The molecule has 2 rings (SSSR count). The number of ether oxygens (including phenoxy) is 1. The van der Waals surface area contributed by atoms with E-state index in [1.165, 1.54) is 25.9 Å². The first-order valence-corrected chi connectivity index (χ1v) is 8.86. The lowest BCUT2D eigenvalue weighted by molar-refractivity contribution is -0.122. The van der Waals surface area contributed by atoms with Gasteiger partial charge in [0.1, 0.15) is 0 Å². The third-order valence-electron chi connectivity index (χ3n) is 4.75. The van der Waals surface area contributed by atoms with Gasteiger partial charge in [0.25, 0.3) is 0 Å². The third kappa shape index (κ3) is 6.23. The van der Waals surface area contributed by atoms with E-state index in [9.17, 15) is 4.79 Å². The van der Waals surface area contributed by atoms with E-state index in [0.717, 1.165) is 38.5 Å². The van der Waals surface area contributed by atoms with Crippen LogP contribution < -0.4 is 5.32 Å². The number of likely N-dealkylation sites (tertiary alicyclic amines) is 1. The molecule has 0 saturated carbocycles. The van der Waals surface area contributed by atoms with Crippen molar-refractivity contribution in [3.05, 3.63) is 0 Å². The van der Waals surface area contributed by atoms with Crippen molar-refractivity contribution in [2.24, 2.45) is 5.92 Å². The molecule has 1 N–H and O–H groups in total. The first-order valence-electron chi connectivity index (χ1n) is 8.86. The van der Waals surface area contributed by atoms with Crippen LogP contribution in [-0.2, 0) is 9.53 Å². The van der Waals surface area contributed by atoms with Gasteiger partial charge in [0.15, 0.2) is 0 Å². The van der Waals surface area contributed by atoms with E-state index in [0.29, 0.717) is 6.42 Å². The van der Waals surface area contributed by atoms with Crippen LogP contribution >= 0.6 is 0 Å². The fraction of sp³-hybridized carbons (Fsp3) is 0.941. The van der Waals surface area contributed by atoms with E-state index in [1.807, 2.05) is 0 Å². The van der Waals surface area contributed by atoms with Gasteiger partial charge in [-0.05, 0) is 52.6 Å². The molecule has 5 nitrogen and oxygen atoms in total. The number of hydrogen-bond donors (Lipinski definition) is 1. The molecule has 2 saturated heterocycles. The Bertz CT molecular complexity index is 341. The number of hydrogen-bond acceptors (Lipinski definition) is 4. The Kier molecular flexibility index (Phi) is 7.12. The second kappa shape index (κ2) is 8.85. The number of nitrogens with zero attached hydrogens (tertiary/aromatic N) is 2. The lowest BCUT2D eigenvalue weighted by Gasteiger charge is -2.35. The number of nitrogens with one attached hydrogen (secondary N) is 1. The van der Waals surface area contributed by atoms with Crippen LogP contribution in [0.1, 0.15) is 39.5 Å². The van der Waals surface area contributed by atoms with E-state index < -0.39 is 0 Å². The number of morpholine rings is 1. The van der Waals surface area contributed by atoms with Crippen molar-refractivity contribution in [1.29, 1.82) is 0 Å². The summed E-state index contributed by atoms with van der Waals surface area (Å²) in [7, 11) is 2.19. The minimum Gasteiger partial charge on any atom is -0.373 e. The highest BCUT2D eigenvalue weighted by molar-refractivity contribution is 5.76. The summed E-state index contributed by atoms with van der Waals surface area (Å²) in [6.45, 7) is 10.1. The van der Waals surface area contributed by atoms with Crippen molar-refractivity contribution in [1.82, 2.24) is 15.1 Å². The van der Waals surface area contributed by atoms with Crippen LogP contribution in [0.3, 0.4) is 0 Å². The molecule has 5 heteroatoms. The molecule has 2 aliphatic rings. The van der Waals surface area contributed by atoms with Crippen molar-refractivity contribution >= 4 is 5.91 Å². The highest BCUT2D eigenvalue weighted by Gasteiger charge is 2.22. The molecule has 0 aromatic carbocycles. The van der Waals surface area contributed by atoms with Gasteiger partial charge >= 0.3 is 0 Å². The van der Waals surface area contributed by atoms with Crippen LogP contribution in [0.5, 0.6) is 0 Å². The molecule has 0 radical (unpaired) electrons. The van der Waals surface area contributed by atoms with E-state index in [-0.39, 0.29) is 18.1 Å². The number of amides is 1. The van der Waals surface area contributed by atoms with Crippen molar-refractivity contribution in [2.75, 3.05) is 46.3 Å². The molecular weight excluding hydrogens is 278 g/mol. The van der Waals surface area contributed by atoms with Gasteiger partial charge < -0.3 is 15.0 Å². The number of rotatable bonds is 6. The van der Waals surface area contributed by atoms with Gasteiger partial charge in [0.05, 0.1) is 12.2 Å². The second-order valence-electron chi connectivity index (χ2n) is 7.18. The van der Waals surface area contributed by atoms with Gasteiger partial charge in [-0.15, -0.1) is 0 Å². The molecule has 22 heavy (non-hydrogen) atoms. The maximum Gasteiger partial charge on any atom is 0.221 e. The molecule has 128 valence electrons. The Morgan fingerprint density at radius 1 is 1.23 bits per heavy atom. The highest BCUT2D eigenvalue weighted by Crippen LogP contribution is 2.17. The zero-order chi connectivity index (χ0) is 15.9. The van der Waals surface area contributed by atoms with E-state index in [1.54, 1.807) is 0 Å². The summed E-state index contributed by atoms with van der Waals surface area (Å²) in [6, 6.07) is 0. The molecule has 2 fully saturated rings. The first-order chi connectivity index (χ1) is 10.5.